The first-order chi connectivity index (χ1) is 15.3. The smallest absolute Gasteiger partial charge is 0.219 e. The summed E-state index contributed by atoms with van der Waals surface area (Å²) in [6.07, 6.45) is 2.15. The number of aryl methyl sites for hydroxylation is 2. The molecule has 0 aliphatic carbocycles. The lowest BCUT2D eigenvalue weighted by atomic mass is 9.86. The van der Waals surface area contributed by atoms with E-state index in [9.17, 15) is 9.90 Å². The van der Waals surface area contributed by atoms with Crippen molar-refractivity contribution in [2.75, 3.05) is 19.7 Å². The Labute approximate surface area is 190 Å². The first-order valence-electron chi connectivity index (χ1n) is 11.5. The topological polar surface area (TPSA) is 74.2 Å². The SMILES string of the molecule is CCOc1cccc([C@H]2CC(c3ccc(C)cc3C)=NC3(CCN(C(C)=O)CC3)N2)c1O. The van der Waals surface area contributed by atoms with Gasteiger partial charge in [0.25, 0.3) is 0 Å². The van der Waals surface area contributed by atoms with Crippen molar-refractivity contribution in [3.8, 4) is 11.5 Å². The van der Waals surface area contributed by atoms with Gasteiger partial charge in [-0.15, -0.1) is 0 Å². The molecule has 1 spiro atoms. The molecule has 4 rings (SSSR count). The van der Waals surface area contributed by atoms with Crippen LogP contribution in [0.3, 0.4) is 0 Å². The van der Waals surface area contributed by atoms with Crippen molar-refractivity contribution in [1.82, 2.24) is 10.2 Å². The minimum Gasteiger partial charge on any atom is -0.504 e. The van der Waals surface area contributed by atoms with E-state index in [2.05, 4.69) is 37.4 Å². The van der Waals surface area contributed by atoms with Crippen LogP contribution >= 0.6 is 0 Å². The molecule has 0 unspecified atom stereocenters. The maximum atomic E-state index is 11.9. The van der Waals surface area contributed by atoms with E-state index >= 15 is 0 Å². The van der Waals surface area contributed by atoms with Gasteiger partial charge in [-0.3, -0.25) is 15.1 Å². The van der Waals surface area contributed by atoms with E-state index < -0.39 is 5.66 Å². The molecule has 1 fully saturated rings. The fourth-order valence-corrected chi connectivity index (χ4v) is 4.94. The van der Waals surface area contributed by atoms with Crippen LogP contribution in [0.2, 0.25) is 0 Å². The molecule has 170 valence electrons. The number of piperidine rings is 1. The zero-order valence-corrected chi connectivity index (χ0v) is 19.4. The fraction of sp³-hybridized carbons (Fsp3) is 0.462. The second kappa shape index (κ2) is 8.94. The maximum Gasteiger partial charge on any atom is 0.219 e. The molecular formula is C26H33N3O3. The Morgan fingerprint density at radius 2 is 2.00 bits per heavy atom. The Balaban J connectivity index is 1.74. The van der Waals surface area contributed by atoms with Crippen molar-refractivity contribution < 1.29 is 14.6 Å². The molecular weight excluding hydrogens is 402 g/mol. The molecule has 6 heteroatoms. The minimum absolute atomic E-state index is 0.104. The standard InChI is InChI=1S/C26H33N3O3/c1-5-32-24-8-6-7-21(25(24)31)23-16-22(20-10-9-17(2)15-18(20)3)27-26(28-23)11-13-29(14-12-26)19(4)30/h6-10,15,23,28,31H,5,11-14,16H2,1-4H3/t23-/m1/s1. The molecule has 0 saturated carbocycles. The summed E-state index contributed by atoms with van der Waals surface area (Å²) in [5.74, 6) is 0.792. The number of ether oxygens (including phenoxy) is 1. The van der Waals surface area contributed by atoms with Gasteiger partial charge in [-0.25, -0.2) is 0 Å². The molecule has 1 saturated heterocycles. The summed E-state index contributed by atoms with van der Waals surface area (Å²) in [5.41, 5.74) is 4.98. The number of phenolic OH excluding ortho intramolecular Hbond substituents is 1. The van der Waals surface area contributed by atoms with Crippen LogP contribution in [0.4, 0.5) is 0 Å². The highest BCUT2D eigenvalue weighted by atomic mass is 16.5. The van der Waals surface area contributed by atoms with Crippen LogP contribution in [0.5, 0.6) is 11.5 Å². The molecule has 0 bridgehead atoms. The summed E-state index contributed by atoms with van der Waals surface area (Å²) in [6, 6.07) is 12.0. The zero-order valence-electron chi connectivity index (χ0n) is 19.4. The van der Waals surface area contributed by atoms with E-state index in [1.165, 1.54) is 11.1 Å². The largest absolute Gasteiger partial charge is 0.504 e. The number of hydrogen-bond donors (Lipinski definition) is 2. The number of nitrogens with zero attached hydrogens (tertiary/aromatic N) is 2. The summed E-state index contributed by atoms with van der Waals surface area (Å²) in [6.45, 7) is 9.59. The average molecular weight is 436 g/mol. The van der Waals surface area contributed by atoms with Crippen LogP contribution in [-0.2, 0) is 4.79 Å². The van der Waals surface area contributed by atoms with E-state index in [4.69, 9.17) is 9.73 Å². The lowest BCUT2D eigenvalue weighted by Crippen LogP contribution is -2.56. The number of nitrogens with one attached hydrogen (secondary N) is 1. The zero-order chi connectivity index (χ0) is 22.9. The van der Waals surface area contributed by atoms with Crippen molar-refractivity contribution in [3.05, 3.63) is 58.7 Å². The van der Waals surface area contributed by atoms with Gasteiger partial charge >= 0.3 is 0 Å². The summed E-state index contributed by atoms with van der Waals surface area (Å²) in [4.78, 5) is 19.0. The predicted octanol–water partition coefficient (Wildman–Crippen LogP) is 4.27. The Morgan fingerprint density at radius 3 is 2.66 bits per heavy atom. The van der Waals surface area contributed by atoms with E-state index in [1.807, 2.05) is 24.0 Å². The number of rotatable bonds is 4. The Bertz CT molecular complexity index is 1040. The number of benzene rings is 2. The monoisotopic (exact) mass is 435 g/mol. The molecule has 2 aliphatic rings. The highest BCUT2D eigenvalue weighted by Crippen LogP contribution is 2.40. The third-order valence-corrected chi connectivity index (χ3v) is 6.62. The lowest BCUT2D eigenvalue weighted by Gasteiger charge is -2.45. The molecule has 1 atom stereocenters. The Kier molecular flexibility index (Phi) is 6.24. The number of hydrogen-bond acceptors (Lipinski definition) is 5. The van der Waals surface area contributed by atoms with Gasteiger partial charge in [-0.1, -0.05) is 35.9 Å². The van der Waals surface area contributed by atoms with Crippen LogP contribution in [0.15, 0.2) is 41.4 Å². The molecule has 6 nitrogen and oxygen atoms in total. The highest BCUT2D eigenvalue weighted by molar-refractivity contribution is 6.03. The van der Waals surface area contributed by atoms with Crippen molar-refractivity contribution in [3.63, 3.8) is 0 Å². The van der Waals surface area contributed by atoms with Crippen molar-refractivity contribution >= 4 is 11.6 Å². The van der Waals surface area contributed by atoms with Gasteiger partial charge in [0.05, 0.1) is 6.61 Å². The van der Waals surface area contributed by atoms with Crippen molar-refractivity contribution in [2.45, 2.75) is 58.7 Å². The van der Waals surface area contributed by atoms with Gasteiger partial charge in [-0.2, -0.15) is 0 Å². The van der Waals surface area contributed by atoms with Gasteiger partial charge in [-0.05, 0) is 38.0 Å². The third-order valence-electron chi connectivity index (χ3n) is 6.62. The number of amides is 1. The highest BCUT2D eigenvalue weighted by Gasteiger charge is 2.41. The first kappa shape index (κ1) is 22.3. The number of likely N-dealkylation sites (tertiary alicyclic amines) is 1. The molecule has 2 heterocycles. The molecule has 0 radical (unpaired) electrons. The van der Waals surface area contributed by atoms with Crippen molar-refractivity contribution in [2.24, 2.45) is 4.99 Å². The van der Waals surface area contributed by atoms with E-state index in [1.54, 1.807) is 13.0 Å². The van der Waals surface area contributed by atoms with Gasteiger partial charge in [0.1, 0.15) is 5.66 Å². The average Bonchev–Trinajstić information content (AvgIpc) is 2.75. The number of carbonyl (C=O) groups is 1. The van der Waals surface area contributed by atoms with Crippen LogP contribution in [-0.4, -0.2) is 47.0 Å². The summed E-state index contributed by atoms with van der Waals surface area (Å²) >= 11 is 0. The molecule has 0 aromatic heterocycles. The predicted molar refractivity (Wildman–Crippen MR) is 126 cm³/mol. The minimum atomic E-state index is -0.463. The quantitative estimate of drug-likeness (QED) is 0.752. The van der Waals surface area contributed by atoms with E-state index in [0.717, 1.165) is 29.7 Å². The van der Waals surface area contributed by atoms with E-state index in [-0.39, 0.29) is 17.7 Å². The second-order valence-electron chi connectivity index (χ2n) is 8.94. The van der Waals surface area contributed by atoms with Crippen molar-refractivity contribution in [1.29, 1.82) is 0 Å². The fourth-order valence-electron chi connectivity index (χ4n) is 4.94. The third kappa shape index (κ3) is 4.37. The Hall–Kier alpha value is -2.86. The maximum absolute atomic E-state index is 11.9. The van der Waals surface area contributed by atoms with Gasteiger partial charge in [0.2, 0.25) is 5.91 Å². The number of aromatic hydroxyl groups is 1. The molecule has 2 aromatic carbocycles. The number of carbonyl (C=O) groups excluding carboxylic acids is 1. The molecule has 2 N–H and O–H groups in total. The number of para-hydroxylation sites is 1. The summed E-state index contributed by atoms with van der Waals surface area (Å²) in [5, 5.41) is 14.7. The normalized spacial score (nSPS) is 20.2. The van der Waals surface area contributed by atoms with Crippen LogP contribution in [0.1, 0.15) is 61.4 Å². The van der Waals surface area contributed by atoms with Crippen LogP contribution in [0.25, 0.3) is 0 Å². The number of aliphatic imine (C=N–C) groups is 1. The van der Waals surface area contributed by atoms with Crippen LogP contribution in [0, 0.1) is 13.8 Å². The van der Waals surface area contributed by atoms with Gasteiger partial charge in [0, 0.05) is 56.6 Å². The summed E-state index contributed by atoms with van der Waals surface area (Å²) in [7, 11) is 0. The second-order valence-corrected chi connectivity index (χ2v) is 8.94. The summed E-state index contributed by atoms with van der Waals surface area (Å²) < 4.78 is 5.64. The van der Waals surface area contributed by atoms with Crippen LogP contribution < -0.4 is 10.1 Å². The molecule has 2 aromatic rings. The van der Waals surface area contributed by atoms with E-state index in [0.29, 0.717) is 31.9 Å². The lowest BCUT2D eigenvalue weighted by molar-refractivity contribution is -0.130. The molecule has 1 amide bonds. The molecule has 2 aliphatic heterocycles. The van der Waals surface area contributed by atoms with Gasteiger partial charge in [0.15, 0.2) is 11.5 Å². The first-order valence-corrected chi connectivity index (χ1v) is 11.5. The Morgan fingerprint density at radius 1 is 1.25 bits per heavy atom. The number of phenols is 1. The van der Waals surface area contributed by atoms with Gasteiger partial charge < -0.3 is 14.7 Å². The molecule has 32 heavy (non-hydrogen) atoms.